The summed E-state index contributed by atoms with van der Waals surface area (Å²) in [5, 5.41) is 6.71. The summed E-state index contributed by atoms with van der Waals surface area (Å²) in [5.41, 5.74) is 0. The van der Waals surface area contributed by atoms with Gasteiger partial charge in [-0.3, -0.25) is 9.59 Å². The smallest absolute Gasteiger partial charge is 0.306 e. The van der Waals surface area contributed by atoms with Gasteiger partial charge in [-0.15, -0.1) is 0 Å². The molecule has 6 heteroatoms. The largest absolute Gasteiger partial charge is 0.463 e. The van der Waals surface area contributed by atoms with Crippen LogP contribution in [0.4, 0.5) is 0 Å². The third kappa shape index (κ3) is 12.9. The molecule has 0 heterocycles. The third-order valence-corrected chi connectivity index (χ3v) is 1.85. The van der Waals surface area contributed by atoms with Crippen LogP contribution in [0.25, 0.3) is 0 Å². The van der Waals surface area contributed by atoms with Crippen molar-refractivity contribution in [3.05, 3.63) is 0 Å². The molecule has 0 aliphatic carbocycles. The van der Waals surface area contributed by atoms with Gasteiger partial charge >= 0.3 is 5.97 Å². The number of hydrogen-bond donors (Lipinski definition) is 2. The number of aliphatic hydroxyl groups excluding tert-OH is 1. The average molecular weight is 266 g/mol. The number of hydrogen-bond acceptors (Lipinski definition) is 5. The Labute approximate surface area is 112 Å². The SMILES string of the molecule is [2H]C.[3H]OCCOCCOC(=O)CCC(=O)NCCC. The molecule has 0 fully saturated rings. The molecule has 0 aliphatic heterocycles. The summed E-state index contributed by atoms with van der Waals surface area (Å²) in [6, 6.07) is 0. The van der Waals surface area contributed by atoms with Crippen LogP contribution in [0.3, 0.4) is 0 Å². The first-order valence-electron chi connectivity index (χ1n) is 7.19. The Morgan fingerprint density at radius 3 is 2.83 bits per heavy atom. The number of ether oxygens (including phenoxy) is 2. The van der Waals surface area contributed by atoms with Gasteiger partial charge in [-0.05, 0) is 6.42 Å². The molecule has 0 saturated heterocycles. The number of nitrogens with one attached hydrogen (secondary N) is 1. The lowest BCUT2D eigenvalue weighted by Gasteiger charge is -2.05. The highest BCUT2D eigenvalue weighted by Crippen LogP contribution is 1.93. The van der Waals surface area contributed by atoms with Crippen LogP contribution in [-0.4, -0.2) is 51.4 Å². The molecule has 18 heavy (non-hydrogen) atoms. The molecule has 0 saturated carbocycles. The van der Waals surface area contributed by atoms with E-state index in [1.165, 1.54) is 7.40 Å². The Balaban J connectivity index is 0. The maximum Gasteiger partial charge on any atom is 0.306 e. The van der Waals surface area contributed by atoms with Gasteiger partial charge in [0.25, 0.3) is 0 Å². The lowest BCUT2D eigenvalue weighted by Crippen LogP contribution is -2.24. The maximum absolute atomic E-state index is 11.2. The molecule has 108 valence electrons. The van der Waals surface area contributed by atoms with Crippen molar-refractivity contribution in [3.8, 4) is 0 Å². The van der Waals surface area contributed by atoms with Crippen molar-refractivity contribution in [3.63, 3.8) is 0 Å². The maximum atomic E-state index is 11.2. The number of amides is 1. The van der Waals surface area contributed by atoms with E-state index in [0.29, 0.717) is 13.2 Å². The molecule has 0 atom stereocenters. The van der Waals surface area contributed by atoms with Crippen LogP contribution in [0, 0.1) is 0 Å². The lowest BCUT2D eigenvalue weighted by molar-refractivity contribution is -0.146. The standard InChI is InChI=1S/C11H21NO5.CH4/c1-2-5-12-10(14)3-4-11(15)17-9-8-16-7-6-13;/h13H,2-9H2,1H3,(H,12,14);1H4/i13T;1D. The van der Waals surface area contributed by atoms with E-state index >= 15 is 0 Å². The number of esters is 1. The molecule has 0 aromatic carbocycles. The molecular weight excluding hydrogens is 238 g/mol. The third-order valence-electron chi connectivity index (χ3n) is 1.85. The molecule has 0 bridgehead atoms. The molecule has 1 amide bonds. The van der Waals surface area contributed by atoms with Gasteiger partial charge in [-0.25, -0.2) is 0 Å². The van der Waals surface area contributed by atoms with Crippen LogP contribution in [-0.2, 0) is 19.1 Å². The second kappa shape index (κ2) is 13.9. The van der Waals surface area contributed by atoms with Gasteiger partial charge in [0.1, 0.15) is 6.61 Å². The van der Waals surface area contributed by atoms with Crippen molar-refractivity contribution in [2.45, 2.75) is 33.6 Å². The minimum atomic E-state index is -0.415. The highest BCUT2D eigenvalue weighted by Gasteiger charge is 2.07. The minimum Gasteiger partial charge on any atom is -0.463 e. The first-order chi connectivity index (χ1) is 9.70. The van der Waals surface area contributed by atoms with Gasteiger partial charge in [0.2, 0.25) is 7.34 Å². The first-order valence-corrected chi connectivity index (χ1v) is 5.78. The van der Waals surface area contributed by atoms with E-state index in [4.69, 9.17) is 12.3 Å². The van der Waals surface area contributed by atoms with Crippen LogP contribution in [0.5, 0.6) is 0 Å². The average Bonchev–Trinajstić information content (AvgIpc) is 2.48. The van der Waals surface area contributed by atoms with Crippen molar-refractivity contribution in [1.82, 2.24) is 5.32 Å². The summed E-state index contributed by atoms with van der Waals surface area (Å²) in [6.07, 6.45) is 1.09. The van der Waals surface area contributed by atoms with Gasteiger partial charge in [0.05, 0.1) is 26.2 Å². The van der Waals surface area contributed by atoms with E-state index in [1.54, 1.807) is 0 Å². The fourth-order valence-electron chi connectivity index (χ4n) is 1.02. The number of rotatable bonds is 11. The summed E-state index contributed by atoms with van der Waals surface area (Å²) < 4.78 is 22.0. The molecule has 6 nitrogen and oxygen atoms in total. The van der Waals surface area contributed by atoms with Crippen LogP contribution in [0.15, 0.2) is 0 Å². The number of carbonyl (C=O) groups is 2. The van der Waals surface area contributed by atoms with Gasteiger partial charge in [-0.1, -0.05) is 14.3 Å². The lowest BCUT2D eigenvalue weighted by atomic mass is 10.3. The molecule has 0 unspecified atom stereocenters. The van der Waals surface area contributed by atoms with E-state index in [2.05, 4.69) is 10.4 Å². The van der Waals surface area contributed by atoms with Crippen LogP contribution >= 0.6 is 0 Å². The van der Waals surface area contributed by atoms with Gasteiger partial charge in [-0.2, -0.15) is 0 Å². The molecule has 0 aliphatic rings. The minimum absolute atomic E-state index is 0.0748. The Hall–Kier alpha value is -1.14. The molecular formula is C12H25NO5. The zero-order valence-electron chi connectivity index (χ0n) is 13.2. The van der Waals surface area contributed by atoms with Crippen LogP contribution < -0.4 is 5.32 Å². The van der Waals surface area contributed by atoms with Crippen molar-refractivity contribution < 1.29 is 25.5 Å². The quantitative estimate of drug-likeness (QED) is 0.420. The Morgan fingerprint density at radius 1 is 1.39 bits per heavy atom. The summed E-state index contributed by atoms with van der Waals surface area (Å²) in [6.45, 7) is 3.47. The van der Waals surface area contributed by atoms with Crippen molar-refractivity contribution in [1.29, 1.82) is 1.43 Å². The number of aliphatic hydroxyl groups is 1. The predicted octanol–water partition coefficient (Wildman–Crippen LogP) is 0.481. The molecule has 0 aromatic heterocycles. The van der Waals surface area contributed by atoms with E-state index in [9.17, 15) is 9.59 Å². The Bertz CT molecular complexity index is 242. The van der Waals surface area contributed by atoms with Crippen molar-refractivity contribution in [2.24, 2.45) is 0 Å². The molecule has 2 N–H and O–H groups in total. The zero-order valence-corrected chi connectivity index (χ0v) is 11.2. The van der Waals surface area contributed by atoms with E-state index in [1.807, 2.05) is 6.92 Å². The second-order valence-corrected chi connectivity index (χ2v) is 3.39. The van der Waals surface area contributed by atoms with Gasteiger partial charge in [0.15, 0.2) is 0 Å². The zero-order chi connectivity index (χ0) is 15.6. The Kier molecular flexibility index (Phi) is 11.5. The van der Waals surface area contributed by atoms with E-state index in [-0.39, 0.29) is 38.6 Å². The molecule has 0 aromatic rings. The highest BCUT2D eigenvalue weighted by molar-refractivity contribution is 5.81. The van der Waals surface area contributed by atoms with Gasteiger partial charge in [0, 0.05) is 14.3 Å². The van der Waals surface area contributed by atoms with Crippen LogP contribution in [0.1, 0.15) is 35.0 Å². The van der Waals surface area contributed by atoms with E-state index in [0.717, 1.165) is 6.42 Å². The molecule has 0 radical (unpaired) electrons. The molecule has 0 rings (SSSR count). The summed E-state index contributed by atoms with van der Waals surface area (Å²) in [7, 11) is 1.25. The normalized spacial score (nSPS) is 10.6. The summed E-state index contributed by atoms with van der Waals surface area (Å²) >= 11 is 0. The monoisotopic (exact) mass is 266 g/mol. The van der Waals surface area contributed by atoms with Crippen molar-refractivity contribution in [2.75, 3.05) is 33.0 Å². The predicted molar refractivity (Wildman–Crippen MR) is 68.1 cm³/mol. The van der Waals surface area contributed by atoms with Gasteiger partial charge < -0.3 is 19.9 Å². The topological polar surface area (TPSA) is 84.9 Å². The van der Waals surface area contributed by atoms with Crippen LogP contribution in [0.2, 0.25) is 0 Å². The summed E-state index contributed by atoms with van der Waals surface area (Å²) in [4.78, 5) is 22.4. The fourth-order valence-corrected chi connectivity index (χ4v) is 1.02. The first kappa shape index (κ1) is 14.9. The fraction of sp³-hybridized carbons (Fsp3) is 0.833. The summed E-state index contributed by atoms with van der Waals surface area (Å²) in [5.74, 6) is -0.556. The molecule has 0 spiro atoms. The van der Waals surface area contributed by atoms with E-state index < -0.39 is 5.97 Å². The highest BCUT2D eigenvalue weighted by atomic mass is 16.6. The van der Waals surface area contributed by atoms with Crippen molar-refractivity contribution >= 4 is 11.9 Å². The Morgan fingerprint density at radius 2 is 2.17 bits per heavy atom. The number of carbonyl (C=O) groups excluding carboxylic acids is 2. The second-order valence-electron chi connectivity index (χ2n) is 3.39.